The van der Waals surface area contributed by atoms with Gasteiger partial charge in [-0.15, -0.1) is 0 Å². The molecule has 2 aromatic carbocycles. The van der Waals surface area contributed by atoms with Gasteiger partial charge in [-0.05, 0) is 0 Å². The zero-order valence-electron chi connectivity index (χ0n) is 14.1. The standard InChI is InChI=1S/C18H16ClF4IO3/c1-2-5-12-8-10-13(11-9-12)27-18(22,23)17(20,21)24(19)15-7-4-3-6-14(15)16(25)26/h3-4,6-11H,2,5H2,1H3,(H,25,26). The molecule has 0 unspecified atom stereocenters. The van der Waals surface area contributed by atoms with Crippen molar-refractivity contribution >= 4 is 33.6 Å². The first-order chi connectivity index (χ1) is 12.6. The fourth-order valence-electron chi connectivity index (χ4n) is 2.22. The van der Waals surface area contributed by atoms with Crippen molar-refractivity contribution in [1.82, 2.24) is 0 Å². The van der Waals surface area contributed by atoms with Crippen molar-refractivity contribution in [2.24, 2.45) is 0 Å². The number of hydrogen-bond donors (Lipinski definition) is 1. The molecule has 0 aliphatic rings. The number of carboxylic acid groups (broad SMARTS) is 1. The van der Waals surface area contributed by atoms with E-state index < -0.39 is 49.6 Å². The van der Waals surface area contributed by atoms with Crippen LogP contribution in [0.1, 0.15) is 29.3 Å². The summed E-state index contributed by atoms with van der Waals surface area (Å²) in [5, 5.41) is 9.09. The van der Waals surface area contributed by atoms with E-state index >= 15 is 0 Å². The summed E-state index contributed by atoms with van der Waals surface area (Å²) >= 11 is -4.48. The van der Waals surface area contributed by atoms with Gasteiger partial charge in [0, 0.05) is 0 Å². The Morgan fingerprint density at radius 1 is 1.11 bits per heavy atom. The molecule has 0 saturated heterocycles. The van der Waals surface area contributed by atoms with Crippen LogP contribution < -0.4 is 4.74 Å². The number of benzene rings is 2. The summed E-state index contributed by atoms with van der Waals surface area (Å²) in [5.74, 6) is -1.94. The molecule has 0 radical (unpaired) electrons. The number of aryl methyl sites for hydroxylation is 1. The number of alkyl halides is 5. The van der Waals surface area contributed by atoms with Crippen LogP contribution in [0.25, 0.3) is 0 Å². The number of rotatable bonds is 8. The van der Waals surface area contributed by atoms with E-state index in [9.17, 15) is 22.4 Å². The third-order valence-corrected chi connectivity index (χ3v) is 9.54. The van der Waals surface area contributed by atoms with Gasteiger partial charge in [-0.1, -0.05) is 0 Å². The molecule has 0 aliphatic heterocycles. The van der Waals surface area contributed by atoms with Crippen molar-refractivity contribution in [2.45, 2.75) is 29.8 Å². The van der Waals surface area contributed by atoms with Gasteiger partial charge in [0.1, 0.15) is 0 Å². The van der Waals surface area contributed by atoms with Crippen LogP contribution in [0.4, 0.5) is 17.6 Å². The molecule has 0 amide bonds. The van der Waals surface area contributed by atoms with E-state index in [0.717, 1.165) is 30.5 Å². The van der Waals surface area contributed by atoms with Crippen molar-refractivity contribution in [3.05, 3.63) is 63.2 Å². The van der Waals surface area contributed by atoms with Gasteiger partial charge in [-0.25, -0.2) is 0 Å². The van der Waals surface area contributed by atoms with Crippen LogP contribution in [0.5, 0.6) is 5.75 Å². The third-order valence-electron chi connectivity index (χ3n) is 3.53. The van der Waals surface area contributed by atoms with E-state index in [4.69, 9.17) is 14.0 Å². The van der Waals surface area contributed by atoms with Crippen LogP contribution in [-0.2, 0) is 6.42 Å². The molecule has 1 N–H and O–H groups in total. The van der Waals surface area contributed by atoms with Gasteiger partial charge in [0.15, 0.2) is 0 Å². The number of carbonyl (C=O) groups is 1. The minimum absolute atomic E-state index is 0.424. The van der Waals surface area contributed by atoms with Crippen LogP contribution in [0.15, 0.2) is 48.5 Å². The molecular formula is C18H16ClF4IO3. The number of ether oxygens (including phenoxy) is 1. The molecule has 0 spiro atoms. The molecule has 3 nitrogen and oxygen atoms in total. The Morgan fingerprint density at radius 3 is 2.26 bits per heavy atom. The first kappa shape index (κ1) is 21.7. The average molecular weight is 519 g/mol. The summed E-state index contributed by atoms with van der Waals surface area (Å²) in [4.78, 5) is 11.2. The molecule has 0 fully saturated rings. The van der Waals surface area contributed by atoms with Crippen molar-refractivity contribution in [3.8, 4) is 5.75 Å². The summed E-state index contributed by atoms with van der Waals surface area (Å²) < 4.78 is 56.5. The summed E-state index contributed by atoms with van der Waals surface area (Å²) in [6.45, 7) is 1.94. The van der Waals surface area contributed by atoms with E-state index in [1.54, 1.807) is 0 Å². The molecule has 0 bridgehead atoms. The Morgan fingerprint density at radius 2 is 1.70 bits per heavy atom. The van der Waals surface area contributed by atoms with Crippen molar-refractivity contribution < 1.29 is 32.2 Å². The second kappa shape index (κ2) is 8.64. The number of halogens is 6. The van der Waals surface area contributed by atoms with Gasteiger partial charge in [-0.3, -0.25) is 0 Å². The van der Waals surface area contributed by atoms with E-state index in [0.29, 0.717) is 0 Å². The first-order valence-electron chi connectivity index (χ1n) is 7.82. The second-order valence-corrected chi connectivity index (χ2v) is 11.3. The predicted molar refractivity (Wildman–Crippen MR) is 103 cm³/mol. The van der Waals surface area contributed by atoms with E-state index in [1.165, 1.54) is 36.4 Å². The molecule has 148 valence electrons. The quantitative estimate of drug-likeness (QED) is 0.249. The molecule has 2 rings (SSSR count). The molecule has 0 aliphatic carbocycles. The Hall–Kier alpha value is -1.55. The van der Waals surface area contributed by atoms with Crippen LogP contribution in [0.2, 0.25) is 0 Å². The van der Waals surface area contributed by atoms with Gasteiger partial charge in [0.25, 0.3) is 0 Å². The number of carboxylic acids is 1. The minimum atomic E-state index is -4.89. The Bertz CT molecular complexity index is 799. The summed E-state index contributed by atoms with van der Waals surface area (Å²) in [6, 6.07) is 10.1. The Kier molecular flexibility index (Phi) is 6.96. The maximum atomic E-state index is 14.5. The Balaban J connectivity index is 2.28. The monoisotopic (exact) mass is 518 g/mol. The first-order valence-corrected chi connectivity index (χ1v) is 12.7. The average Bonchev–Trinajstić information content (AvgIpc) is 2.62. The number of aromatic carboxylic acids is 1. The SMILES string of the molecule is CCCc1ccc(OC(F)(F)C(F)(F)I(Cl)c2ccccc2C(=O)O)cc1. The van der Waals surface area contributed by atoms with Gasteiger partial charge >= 0.3 is 165 Å². The fourth-order valence-corrected chi connectivity index (χ4v) is 6.45. The third kappa shape index (κ3) is 4.84. The van der Waals surface area contributed by atoms with Gasteiger partial charge in [0.2, 0.25) is 0 Å². The van der Waals surface area contributed by atoms with Crippen LogP contribution in [-0.4, -0.2) is 21.1 Å². The predicted octanol–water partition coefficient (Wildman–Crippen LogP) is 6.43. The molecule has 0 saturated carbocycles. The van der Waals surface area contributed by atoms with Crippen molar-refractivity contribution in [1.29, 1.82) is 0 Å². The molecule has 27 heavy (non-hydrogen) atoms. The van der Waals surface area contributed by atoms with E-state index in [2.05, 4.69) is 4.74 Å². The van der Waals surface area contributed by atoms with Crippen molar-refractivity contribution in [3.63, 3.8) is 0 Å². The van der Waals surface area contributed by atoms with Crippen LogP contribution in [0, 0.1) is 3.57 Å². The van der Waals surface area contributed by atoms with E-state index in [-0.39, 0.29) is 0 Å². The molecule has 0 atom stereocenters. The molecular weight excluding hydrogens is 503 g/mol. The summed E-state index contributed by atoms with van der Waals surface area (Å²) in [7, 11) is 5.75. The van der Waals surface area contributed by atoms with Gasteiger partial charge in [0.05, 0.1) is 0 Å². The second-order valence-electron chi connectivity index (χ2n) is 5.53. The van der Waals surface area contributed by atoms with Crippen molar-refractivity contribution in [2.75, 3.05) is 0 Å². The summed E-state index contributed by atoms with van der Waals surface area (Å²) in [6.07, 6.45) is -3.33. The van der Waals surface area contributed by atoms with Crippen LogP contribution >= 0.6 is 27.6 Å². The maximum absolute atomic E-state index is 14.5. The number of hydrogen-bond acceptors (Lipinski definition) is 2. The molecule has 0 aromatic heterocycles. The normalized spacial score (nSPS) is 12.6. The topological polar surface area (TPSA) is 46.5 Å². The molecule has 0 heterocycles. The molecule has 2 aromatic rings. The zero-order chi connectivity index (χ0) is 20.2. The van der Waals surface area contributed by atoms with Crippen LogP contribution in [0.3, 0.4) is 0 Å². The fraction of sp³-hybridized carbons (Fsp3) is 0.278. The molecule has 9 heteroatoms. The summed E-state index contributed by atoms with van der Waals surface area (Å²) in [5.41, 5.74) is 0.346. The Labute approximate surface area is 164 Å². The van der Waals surface area contributed by atoms with Gasteiger partial charge in [-0.2, -0.15) is 0 Å². The zero-order valence-corrected chi connectivity index (χ0v) is 17.0. The van der Waals surface area contributed by atoms with Gasteiger partial charge < -0.3 is 0 Å². The van der Waals surface area contributed by atoms with E-state index in [1.807, 2.05) is 6.92 Å².